The largest absolute Gasteiger partial charge is 0.468 e. The number of aromatic amines is 1. The van der Waals surface area contributed by atoms with Crippen molar-refractivity contribution in [3.63, 3.8) is 0 Å². The van der Waals surface area contributed by atoms with Crippen molar-refractivity contribution in [3.8, 4) is 0 Å². The first-order valence-corrected chi connectivity index (χ1v) is 7.12. The summed E-state index contributed by atoms with van der Waals surface area (Å²) >= 11 is 0. The van der Waals surface area contributed by atoms with Crippen LogP contribution >= 0.6 is 0 Å². The van der Waals surface area contributed by atoms with Gasteiger partial charge in [-0.1, -0.05) is 18.2 Å². The Balaban J connectivity index is 1.85. The van der Waals surface area contributed by atoms with E-state index in [0.717, 1.165) is 30.3 Å². The average Bonchev–Trinajstić information content (AvgIpc) is 3.13. The van der Waals surface area contributed by atoms with Crippen LogP contribution in [0.15, 0.2) is 30.5 Å². The van der Waals surface area contributed by atoms with Crippen molar-refractivity contribution >= 4 is 22.7 Å². The minimum Gasteiger partial charge on any atom is -0.468 e. The number of rotatable bonds is 4. The van der Waals surface area contributed by atoms with Gasteiger partial charge in [0.2, 0.25) is 0 Å². The number of esters is 1. The number of nitrogens with zero attached hydrogens (tertiary/aromatic N) is 1. The van der Waals surface area contributed by atoms with Gasteiger partial charge in [0.15, 0.2) is 5.78 Å². The Morgan fingerprint density at radius 3 is 3.00 bits per heavy atom. The number of fused-ring (bicyclic) bond motifs is 1. The summed E-state index contributed by atoms with van der Waals surface area (Å²) in [4.78, 5) is 29.3. The van der Waals surface area contributed by atoms with Crippen LogP contribution in [0, 0.1) is 0 Å². The lowest BCUT2D eigenvalue weighted by Gasteiger charge is -2.21. The Bertz CT molecular complexity index is 677. The summed E-state index contributed by atoms with van der Waals surface area (Å²) in [5.74, 6) is -0.220. The van der Waals surface area contributed by atoms with Crippen molar-refractivity contribution in [2.45, 2.75) is 18.9 Å². The third kappa shape index (κ3) is 2.56. The second kappa shape index (κ2) is 5.69. The zero-order valence-electron chi connectivity index (χ0n) is 12.0. The molecule has 1 unspecified atom stereocenters. The standard InChI is InChI=1S/C16H18N2O3/c1-21-15(19)10-18-8-4-7-14(18)16(20)12-9-17-13-6-3-2-5-11(12)13/h2-3,5-6,9,14,17H,4,7-8,10H2,1H3. The molecule has 2 heterocycles. The molecule has 1 N–H and O–H groups in total. The molecule has 3 rings (SSSR count). The lowest BCUT2D eigenvalue weighted by molar-refractivity contribution is -0.141. The molecule has 0 saturated carbocycles. The number of benzene rings is 1. The molecule has 1 aromatic heterocycles. The van der Waals surface area contributed by atoms with Gasteiger partial charge >= 0.3 is 5.97 Å². The number of hydrogen-bond donors (Lipinski definition) is 1. The van der Waals surface area contributed by atoms with Crippen LogP contribution in [0.4, 0.5) is 0 Å². The number of carbonyl (C=O) groups is 2. The van der Waals surface area contributed by atoms with Gasteiger partial charge < -0.3 is 9.72 Å². The minimum atomic E-state index is -0.298. The Hall–Kier alpha value is -2.14. The zero-order valence-corrected chi connectivity index (χ0v) is 12.0. The number of para-hydroxylation sites is 1. The number of ether oxygens (including phenoxy) is 1. The van der Waals surface area contributed by atoms with E-state index in [1.54, 1.807) is 6.20 Å². The number of Topliss-reactive ketones (excluding diaryl/α,β-unsaturated/α-hetero) is 1. The van der Waals surface area contributed by atoms with E-state index in [4.69, 9.17) is 4.74 Å². The summed E-state index contributed by atoms with van der Waals surface area (Å²) in [6.07, 6.45) is 3.48. The average molecular weight is 286 g/mol. The monoisotopic (exact) mass is 286 g/mol. The number of nitrogens with one attached hydrogen (secondary N) is 1. The summed E-state index contributed by atoms with van der Waals surface area (Å²) in [6, 6.07) is 7.52. The van der Waals surface area contributed by atoms with Crippen LogP contribution in [0.2, 0.25) is 0 Å². The molecule has 1 aliphatic rings. The molecular weight excluding hydrogens is 268 g/mol. The summed E-state index contributed by atoms with van der Waals surface area (Å²) in [7, 11) is 1.37. The third-order valence-electron chi connectivity index (χ3n) is 4.08. The molecule has 1 aliphatic heterocycles. The fourth-order valence-electron chi connectivity index (χ4n) is 3.00. The lowest BCUT2D eigenvalue weighted by atomic mass is 10.0. The maximum absolute atomic E-state index is 12.8. The molecule has 2 aromatic rings. The first-order valence-electron chi connectivity index (χ1n) is 7.12. The molecule has 1 fully saturated rings. The summed E-state index contributed by atoms with van der Waals surface area (Å²) in [5.41, 5.74) is 1.66. The summed E-state index contributed by atoms with van der Waals surface area (Å²) in [6.45, 7) is 0.934. The molecule has 110 valence electrons. The molecule has 0 amide bonds. The Morgan fingerprint density at radius 1 is 1.38 bits per heavy atom. The molecule has 0 spiro atoms. The van der Waals surface area contributed by atoms with E-state index in [1.807, 2.05) is 29.2 Å². The van der Waals surface area contributed by atoms with Gasteiger partial charge in [-0.3, -0.25) is 14.5 Å². The molecule has 1 saturated heterocycles. The molecule has 21 heavy (non-hydrogen) atoms. The maximum atomic E-state index is 12.8. The number of methoxy groups -OCH3 is 1. The Labute approximate surface area is 122 Å². The molecule has 0 radical (unpaired) electrons. The fraction of sp³-hybridized carbons (Fsp3) is 0.375. The first kappa shape index (κ1) is 13.8. The van der Waals surface area contributed by atoms with Crippen molar-refractivity contribution in [2.24, 2.45) is 0 Å². The summed E-state index contributed by atoms with van der Waals surface area (Å²) in [5, 5.41) is 0.937. The van der Waals surface area contributed by atoms with E-state index in [-0.39, 0.29) is 24.3 Å². The second-order valence-electron chi connectivity index (χ2n) is 5.32. The predicted octanol–water partition coefficient (Wildman–Crippen LogP) is 1.99. The maximum Gasteiger partial charge on any atom is 0.319 e. The number of H-pyrrole nitrogens is 1. The van der Waals surface area contributed by atoms with Crippen molar-refractivity contribution in [1.29, 1.82) is 0 Å². The van der Waals surface area contributed by atoms with Crippen LogP contribution in [0.25, 0.3) is 10.9 Å². The molecular formula is C16H18N2O3. The third-order valence-corrected chi connectivity index (χ3v) is 4.08. The van der Waals surface area contributed by atoms with E-state index in [9.17, 15) is 9.59 Å². The van der Waals surface area contributed by atoms with Gasteiger partial charge in [0, 0.05) is 22.7 Å². The Morgan fingerprint density at radius 2 is 2.19 bits per heavy atom. The molecule has 5 heteroatoms. The van der Waals surface area contributed by atoms with Crippen molar-refractivity contribution in [1.82, 2.24) is 9.88 Å². The van der Waals surface area contributed by atoms with Crippen molar-refractivity contribution in [2.75, 3.05) is 20.2 Å². The zero-order chi connectivity index (χ0) is 14.8. The van der Waals surface area contributed by atoms with E-state index >= 15 is 0 Å². The number of hydrogen-bond acceptors (Lipinski definition) is 4. The van der Waals surface area contributed by atoms with Gasteiger partial charge in [-0.2, -0.15) is 0 Å². The topological polar surface area (TPSA) is 62.4 Å². The molecule has 1 atom stereocenters. The van der Waals surface area contributed by atoms with Crippen LogP contribution in [0.5, 0.6) is 0 Å². The van der Waals surface area contributed by atoms with Gasteiger partial charge in [0.05, 0.1) is 19.7 Å². The van der Waals surface area contributed by atoms with Gasteiger partial charge in [0.25, 0.3) is 0 Å². The quantitative estimate of drug-likeness (QED) is 0.689. The number of aromatic nitrogens is 1. The van der Waals surface area contributed by atoms with Crippen LogP contribution in [0.3, 0.4) is 0 Å². The van der Waals surface area contributed by atoms with Gasteiger partial charge in [-0.25, -0.2) is 0 Å². The van der Waals surface area contributed by atoms with Gasteiger partial charge in [-0.05, 0) is 25.5 Å². The van der Waals surface area contributed by atoms with Crippen LogP contribution < -0.4 is 0 Å². The predicted molar refractivity (Wildman–Crippen MR) is 79.2 cm³/mol. The number of ketones is 1. The van der Waals surface area contributed by atoms with Crippen LogP contribution in [-0.2, 0) is 9.53 Å². The SMILES string of the molecule is COC(=O)CN1CCCC1C(=O)c1c[nH]c2ccccc12. The van der Waals surface area contributed by atoms with E-state index < -0.39 is 0 Å². The van der Waals surface area contributed by atoms with Crippen molar-refractivity contribution < 1.29 is 14.3 Å². The van der Waals surface area contributed by atoms with Crippen LogP contribution in [0.1, 0.15) is 23.2 Å². The van der Waals surface area contributed by atoms with Gasteiger partial charge in [-0.15, -0.1) is 0 Å². The summed E-state index contributed by atoms with van der Waals surface area (Å²) < 4.78 is 4.70. The molecule has 1 aromatic carbocycles. The highest BCUT2D eigenvalue weighted by Crippen LogP contribution is 2.25. The van der Waals surface area contributed by atoms with Crippen LogP contribution in [-0.4, -0.2) is 47.9 Å². The lowest BCUT2D eigenvalue weighted by Crippen LogP contribution is -2.39. The van der Waals surface area contributed by atoms with Crippen molar-refractivity contribution in [3.05, 3.63) is 36.0 Å². The second-order valence-corrected chi connectivity index (χ2v) is 5.32. The number of carbonyl (C=O) groups excluding carboxylic acids is 2. The minimum absolute atomic E-state index is 0.0776. The Kier molecular flexibility index (Phi) is 3.75. The molecule has 0 aliphatic carbocycles. The van der Waals surface area contributed by atoms with E-state index in [1.165, 1.54) is 7.11 Å². The fourth-order valence-corrected chi connectivity index (χ4v) is 3.00. The van der Waals surface area contributed by atoms with Gasteiger partial charge in [0.1, 0.15) is 0 Å². The highest BCUT2D eigenvalue weighted by Gasteiger charge is 2.33. The first-order chi connectivity index (χ1) is 10.2. The number of likely N-dealkylation sites (tertiary alicyclic amines) is 1. The highest BCUT2D eigenvalue weighted by atomic mass is 16.5. The van der Waals surface area contributed by atoms with E-state index in [2.05, 4.69) is 4.98 Å². The normalized spacial score (nSPS) is 19.0. The molecule has 0 bridgehead atoms. The smallest absolute Gasteiger partial charge is 0.319 e. The van der Waals surface area contributed by atoms with E-state index in [0.29, 0.717) is 5.56 Å². The highest BCUT2D eigenvalue weighted by molar-refractivity contribution is 6.10. The molecule has 5 nitrogen and oxygen atoms in total.